The highest BCUT2D eigenvalue weighted by atomic mass is 35.5. The zero-order valence-electron chi connectivity index (χ0n) is 14.6. The Balaban J connectivity index is 1.94. The molecule has 0 fully saturated rings. The van der Waals surface area contributed by atoms with E-state index in [4.69, 9.17) is 23.2 Å². The molecule has 1 N–H and O–H groups in total. The number of halogens is 2. The summed E-state index contributed by atoms with van der Waals surface area (Å²) in [6.45, 7) is 4.24. The lowest BCUT2D eigenvalue weighted by molar-refractivity contribution is -0.132. The molecule has 2 aromatic carbocycles. The molecule has 4 nitrogen and oxygen atoms in total. The van der Waals surface area contributed by atoms with Crippen LogP contribution in [0, 0.1) is 6.92 Å². The van der Waals surface area contributed by atoms with E-state index >= 15 is 0 Å². The highest BCUT2D eigenvalue weighted by Gasteiger charge is 2.17. The van der Waals surface area contributed by atoms with Crippen LogP contribution in [0.25, 0.3) is 0 Å². The smallest absolute Gasteiger partial charge is 0.244 e. The number of likely N-dealkylation sites (N-methyl/N-ethyl adjacent to an activating group) is 1. The number of nitrogens with one attached hydrogen (secondary N) is 1. The molecule has 2 amide bonds. The molecule has 0 saturated heterocycles. The maximum absolute atomic E-state index is 12.5. The van der Waals surface area contributed by atoms with Crippen molar-refractivity contribution in [3.8, 4) is 0 Å². The molecule has 0 radical (unpaired) electrons. The molecule has 2 rings (SSSR count). The summed E-state index contributed by atoms with van der Waals surface area (Å²) in [5.74, 6) is -0.156. The first-order chi connectivity index (χ1) is 12.4. The van der Waals surface area contributed by atoms with E-state index in [1.165, 1.54) is 16.7 Å². The van der Waals surface area contributed by atoms with E-state index in [-0.39, 0.29) is 24.1 Å². The van der Waals surface area contributed by atoms with E-state index in [9.17, 15) is 9.59 Å². The van der Waals surface area contributed by atoms with Crippen molar-refractivity contribution in [2.24, 2.45) is 0 Å². The van der Waals surface area contributed by atoms with Gasteiger partial charge in [0.15, 0.2) is 0 Å². The Morgan fingerprint density at radius 3 is 2.35 bits per heavy atom. The van der Waals surface area contributed by atoms with Crippen LogP contribution in [0.3, 0.4) is 0 Å². The molecular weight excluding hydrogens is 391 g/mol. The number of benzene rings is 2. The van der Waals surface area contributed by atoms with E-state index in [1.54, 1.807) is 18.2 Å². The fourth-order valence-corrected chi connectivity index (χ4v) is 3.72. The van der Waals surface area contributed by atoms with Crippen molar-refractivity contribution in [2.75, 3.05) is 24.2 Å². The van der Waals surface area contributed by atoms with Crippen LogP contribution in [0.5, 0.6) is 0 Å². The van der Waals surface area contributed by atoms with Gasteiger partial charge in [-0.2, -0.15) is 0 Å². The molecule has 0 aromatic heterocycles. The Bertz CT molecular complexity index is 779. The summed E-state index contributed by atoms with van der Waals surface area (Å²) in [5.41, 5.74) is 1.48. The molecule has 0 unspecified atom stereocenters. The molecule has 0 aliphatic rings. The normalized spacial score (nSPS) is 10.5. The van der Waals surface area contributed by atoms with Crippen LogP contribution >= 0.6 is 35.0 Å². The lowest BCUT2D eigenvalue weighted by Crippen LogP contribution is -2.38. The van der Waals surface area contributed by atoms with Gasteiger partial charge >= 0.3 is 0 Å². The summed E-state index contributed by atoms with van der Waals surface area (Å²) in [5, 5.41) is 3.39. The van der Waals surface area contributed by atoms with E-state index in [0.717, 1.165) is 10.5 Å². The summed E-state index contributed by atoms with van der Waals surface area (Å²) in [7, 11) is 0. The van der Waals surface area contributed by atoms with Crippen LogP contribution in [-0.2, 0) is 9.59 Å². The van der Waals surface area contributed by atoms with Gasteiger partial charge < -0.3 is 10.2 Å². The number of anilines is 1. The number of hydrogen-bond acceptors (Lipinski definition) is 3. The van der Waals surface area contributed by atoms with Gasteiger partial charge in [0.25, 0.3) is 0 Å². The van der Waals surface area contributed by atoms with Crippen molar-refractivity contribution in [1.29, 1.82) is 0 Å². The quantitative estimate of drug-likeness (QED) is 0.661. The average Bonchev–Trinajstić information content (AvgIpc) is 2.62. The average molecular weight is 411 g/mol. The van der Waals surface area contributed by atoms with Crippen molar-refractivity contribution in [1.82, 2.24) is 4.90 Å². The summed E-state index contributed by atoms with van der Waals surface area (Å²) in [6, 6.07) is 12.9. The second-order valence-electron chi connectivity index (χ2n) is 5.61. The molecule has 138 valence electrons. The van der Waals surface area contributed by atoms with Gasteiger partial charge in [0.2, 0.25) is 11.8 Å². The minimum Gasteiger partial charge on any atom is -0.333 e. The second-order valence-corrected chi connectivity index (χ2v) is 7.44. The van der Waals surface area contributed by atoms with Crippen LogP contribution in [0.4, 0.5) is 5.69 Å². The maximum atomic E-state index is 12.5. The van der Waals surface area contributed by atoms with Crippen molar-refractivity contribution in [3.05, 3.63) is 58.1 Å². The Morgan fingerprint density at radius 1 is 1.08 bits per heavy atom. The third kappa shape index (κ3) is 5.66. The number of amides is 2. The molecule has 0 atom stereocenters. The topological polar surface area (TPSA) is 49.4 Å². The standard InChI is InChI=1S/C19H20Cl2N2O2S/c1-3-23(18(25)12-26-16-10-5-4-7-13(16)2)11-17(24)22-19-14(20)8-6-9-15(19)21/h4-10H,3,11-12H2,1-2H3,(H,22,24). The van der Waals surface area contributed by atoms with Gasteiger partial charge in [0, 0.05) is 11.4 Å². The van der Waals surface area contributed by atoms with Crippen molar-refractivity contribution >= 4 is 52.5 Å². The molecule has 2 aromatic rings. The zero-order valence-corrected chi connectivity index (χ0v) is 16.9. The predicted molar refractivity (Wildman–Crippen MR) is 109 cm³/mol. The number of nitrogens with zero attached hydrogens (tertiary/aromatic N) is 1. The second kappa shape index (κ2) is 9.86. The number of aryl methyl sites for hydroxylation is 1. The fourth-order valence-electron chi connectivity index (χ4n) is 2.30. The number of carbonyl (C=O) groups is 2. The van der Waals surface area contributed by atoms with Gasteiger partial charge in [-0.15, -0.1) is 11.8 Å². The first-order valence-corrected chi connectivity index (χ1v) is 9.86. The van der Waals surface area contributed by atoms with Gasteiger partial charge in [-0.05, 0) is 37.6 Å². The Kier molecular flexibility index (Phi) is 7.82. The highest BCUT2D eigenvalue weighted by molar-refractivity contribution is 8.00. The molecule has 0 aliphatic carbocycles. The van der Waals surface area contributed by atoms with Crippen LogP contribution in [0.1, 0.15) is 12.5 Å². The molecule has 7 heteroatoms. The zero-order chi connectivity index (χ0) is 19.1. The largest absolute Gasteiger partial charge is 0.333 e. The van der Waals surface area contributed by atoms with Crippen LogP contribution < -0.4 is 5.32 Å². The van der Waals surface area contributed by atoms with E-state index in [0.29, 0.717) is 22.3 Å². The molecule has 0 spiro atoms. The van der Waals surface area contributed by atoms with Crippen molar-refractivity contribution < 1.29 is 9.59 Å². The lowest BCUT2D eigenvalue weighted by atomic mass is 10.2. The third-order valence-corrected chi connectivity index (χ3v) is 5.53. The predicted octanol–water partition coefficient (Wildman–Crippen LogP) is 4.88. The van der Waals surface area contributed by atoms with Gasteiger partial charge in [0.05, 0.1) is 28.0 Å². The van der Waals surface area contributed by atoms with Crippen LogP contribution in [-0.4, -0.2) is 35.6 Å². The summed E-state index contributed by atoms with van der Waals surface area (Å²) < 4.78 is 0. The minimum atomic E-state index is -0.337. The van der Waals surface area contributed by atoms with Crippen LogP contribution in [0.2, 0.25) is 10.0 Å². The summed E-state index contributed by atoms with van der Waals surface area (Å²) in [6.07, 6.45) is 0. The SMILES string of the molecule is CCN(CC(=O)Nc1c(Cl)cccc1Cl)C(=O)CSc1ccccc1C. The Labute approximate surface area is 167 Å². The van der Waals surface area contributed by atoms with Gasteiger partial charge in [-0.3, -0.25) is 9.59 Å². The number of hydrogen-bond donors (Lipinski definition) is 1. The minimum absolute atomic E-state index is 0.0504. The van der Waals surface area contributed by atoms with E-state index in [2.05, 4.69) is 5.32 Å². The van der Waals surface area contributed by atoms with Crippen LogP contribution in [0.15, 0.2) is 47.4 Å². The third-order valence-electron chi connectivity index (χ3n) is 3.74. The number of carbonyl (C=O) groups excluding carboxylic acids is 2. The lowest BCUT2D eigenvalue weighted by Gasteiger charge is -2.21. The monoisotopic (exact) mass is 410 g/mol. The first-order valence-electron chi connectivity index (χ1n) is 8.12. The number of rotatable bonds is 7. The van der Waals surface area contributed by atoms with Gasteiger partial charge in [0.1, 0.15) is 0 Å². The number of thioether (sulfide) groups is 1. The first kappa shape index (κ1) is 20.6. The molecule has 0 aliphatic heterocycles. The van der Waals surface area contributed by atoms with E-state index in [1.807, 2.05) is 38.1 Å². The molecule has 0 heterocycles. The van der Waals surface area contributed by atoms with E-state index < -0.39 is 0 Å². The maximum Gasteiger partial charge on any atom is 0.244 e. The molecule has 0 bridgehead atoms. The fraction of sp³-hybridized carbons (Fsp3) is 0.263. The Morgan fingerprint density at radius 2 is 1.73 bits per heavy atom. The molecule has 26 heavy (non-hydrogen) atoms. The number of para-hydroxylation sites is 1. The highest BCUT2D eigenvalue weighted by Crippen LogP contribution is 2.29. The molecular formula is C19H20Cl2N2O2S. The Hall–Kier alpha value is -1.69. The van der Waals surface area contributed by atoms with Gasteiger partial charge in [-0.1, -0.05) is 47.5 Å². The van der Waals surface area contributed by atoms with Crippen molar-refractivity contribution in [2.45, 2.75) is 18.7 Å². The van der Waals surface area contributed by atoms with Gasteiger partial charge in [-0.25, -0.2) is 0 Å². The molecule has 0 saturated carbocycles. The van der Waals surface area contributed by atoms with Crippen molar-refractivity contribution in [3.63, 3.8) is 0 Å². The summed E-state index contributed by atoms with van der Waals surface area (Å²) in [4.78, 5) is 27.3. The summed E-state index contributed by atoms with van der Waals surface area (Å²) >= 11 is 13.6.